The summed E-state index contributed by atoms with van der Waals surface area (Å²) in [6.07, 6.45) is 1.98. The number of hydrogen-bond donors (Lipinski definition) is 1. The lowest BCUT2D eigenvalue weighted by molar-refractivity contribution is 0.103. The highest BCUT2D eigenvalue weighted by Gasteiger charge is 2.23. The zero-order valence-electron chi connectivity index (χ0n) is 17.7. The number of amides is 1. The van der Waals surface area contributed by atoms with Crippen molar-refractivity contribution in [2.24, 2.45) is 0 Å². The first-order chi connectivity index (χ1) is 15.0. The molecule has 0 radical (unpaired) electrons. The van der Waals surface area contributed by atoms with Crippen molar-refractivity contribution in [2.45, 2.75) is 39.5 Å². The number of carbonyl (C=O) groups excluding carboxylic acids is 1. The van der Waals surface area contributed by atoms with Crippen LogP contribution in [0.25, 0.3) is 21.9 Å². The number of aryl methyl sites for hydroxylation is 3. The van der Waals surface area contributed by atoms with Crippen molar-refractivity contribution in [1.29, 1.82) is 0 Å². The van der Waals surface area contributed by atoms with E-state index in [0.717, 1.165) is 24.0 Å². The number of rotatable bonds is 4. The zero-order valence-corrected chi connectivity index (χ0v) is 18.5. The van der Waals surface area contributed by atoms with Gasteiger partial charge in [-0.1, -0.05) is 55.4 Å². The lowest BCUT2D eigenvalue weighted by Gasteiger charge is -2.15. The number of benzene rings is 2. The number of anilines is 1. The second kappa shape index (κ2) is 7.78. The predicted octanol–water partition coefficient (Wildman–Crippen LogP) is 6.25. The molecular weight excluding hydrogens is 406 g/mol. The fourth-order valence-corrected chi connectivity index (χ4v) is 5.12. The summed E-state index contributed by atoms with van der Waals surface area (Å²) in [4.78, 5) is 19.7. The van der Waals surface area contributed by atoms with Gasteiger partial charge >= 0.3 is 0 Å². The van der Waals surface area contributed by atoms with E-state index in [-0.39, 0.29) is 11.8 Å². The first kappa shape index (κ1) is 19.7. The van der Waals surface area contributed by atoms with Crippen LogP contribution in [0.15, 0.2) is 53.1 Å². The maximum atomic E-state index is 13.2. The molecule has 0 spiro atoms. The molecule has 31 heavy (non-hydrogen) atoms. The summed E-state index contributed by atoms with van der Waals surface area (Å²) in [5.41, 5.74) is 6.23. The normalized spacial score (nSPS) is 12.5. The Morgan fingerprint density at radius 3 is 2.65 bits per heavy atom. The van der Waals surface area contributed by atoms with E-state index in [4.69, 9.17) is 4.52 Å². The maximum absolute atomic E-state index is 13.2. The number of aromatic nitrogens is 2. The Bertz CT molecular complexity index is 1290. The van der Waals surface area contributed by atoms with Crippen LogP contribution in [-0.4, -0.2) is 16.0 Å². The van der Waals surface area contributed by atoms with E-state index in [2.05, 4.69) is 39.7 Å². The number of fused-ring (bicyclic) bond motifs is 3. The second-order valence-corrected chi connectivity index (χ2v) is 9.24. The van der Waals surface area contributed by atoms with Crippen LogP contribution < -0.4 is 5.32 Å². The first-order valence-electron chi connectivity index (χ1n) is 10.5. The summed E-state index contributed by atoms with van der Waals surface area (Å²) in [5, 5.41) is 7.18. The third-order valence-electron chi connectivity index (χ3n) is 5.66. The van der Waals surface area contributed by atoms with Gasteiger partial charge in [-0.05, 0) is 54.2 Å². The molecule has 4 aromatic rings. The minimum absolute atomic E-state index is 0.115. The number of para-hydroxylation sites is 1. The van der Waals surface area contributed by atoms with Crippen molar-refractivity contribution in [3.63, 3.8) is 0 Å². The van der Waals surface area contributed by atoms with Gasteiger partial charge < -0.3 is 9.84 Å². The largest absolute Gasteiger partial charge is 0.334 e. The fraction of sp³-hybridized carbons (Fsp3) is 0.240. The SMILES string of the molecule is Cc1cccc(-c2nc(C(C)C)no2)c1NC(=O)c1cc2c(s1)-c1ccccc1CC2. The molecule has 0 unspecified atom stereocenters. The number of nitrogens with zero attached hydrogens (tertiary/aromatic N) is 2. The molecule has 2 heterocycles. The molecule has 1 amide bonds. The standard InChI is InChI=1S/C25H23N3O2S/c1-14(2)23-27-25(30-28-23)19-10-6-7-15(3)21(19)26-24(29)20-13-17-12-11-16-8-4-5-9-18(16)22(17)31-20/h4-10,13-14H,11-12H2,1-3H3,(H,26,29). The molecule has 2 aromatic carbocycles. The van der Waals surface area contributed by atoms with E-state index in [1.807, 2.05) is 45.0 Å². The number of thiophene rings is 1. The molecule has 5 rings (SSSR count). The molecule has 0 saturated carbocycles. The third kappa shape index (κ3) is 3.57. The van der Waals surface area contributed by atoms with Crippen LogP contribution in [-0.2, 0) is 12.8 Å². The molecule has 0 bridgehead atoms. The summed E-state index contributed by atoms with van der Waals surface area (Å²) < 4.78 is 5.49. The highest BCUT2D eigenvalue weighted by molar-refractivity contribution is 7.17. The van der Waals surface area contributed by atoms with E-state index in [0.29, 0.717) is 22.3 Å². The highest BCUT2D eigenvalue weighted by atomic mass is 32.1. The molecule has 0 fully saturated rings. The molecule has 0 saturated heterocycles. The molecule has 156 valence electrons. The molecule has 1 aliphatic rings. The van der Waals surface area contributed by atoms with Gasteiger partial charge in [0.25, 0.3) is 11.8 Å². The van der Waals surface area contributed by atoms with Crippen LogP contribution in [0.1, 0.15) is 52.0 Å². The number of carbonyl (C=O) groups is 1. The van der Waals surface area contributed by atoms with Gasteiger partial charge in [-0.25, -0.2) is 0 Å². The van der Waals surface area contributed by atoms with Crippen LogP contribution in [0.2, 0.25) is 0 Å². The molecule has 6 heteroatoms. The van der Waals surface area contributed by atoms with Crippen LogP contribution in [0.3, 0.4) is 0 Å². The Balaban J connectivity index is 1.48. The lowest BCUT2D eigenvalue weighted by atomic mass is 9.91. The van der Waals surface area contributed by atoms with Crippen molar-refractivity contribution in [1.82, 2.24) is 10.1 Å². The Morgan fingerprint density at radius 2 is 1.84 bits per heavy atom. The highest BCUT2D eigenvalue weighted by Crippen LogP contribution is 2.40. The van der Waals surface area contributed by atoms with Gasteiger partial charge in [0, 0.05) is 10.8 Å². The molecule has 0 atom stereocenters. The van der Waals surface area contributed by atoms with E-state index in [1.54, 1.807) is 11.3 Å². The topological polar surface area (TPSA) is 68.0 Å². The van der Waals surface area contributed by atoms with Crippen LogP contribution in [0.5, 0.6) is 0 Å². The summed E-state index contributed by atoms with van der Waals surface area (Å²) in [5.74, 6) is 1.12. The molecule has 1 N–H and O–H groups in total. The molecule has 1 aliphatic carbocycles. The van der Waals surface area contributed by atoms with Crippen molar-refractivity contribution in [2.75, 3.05) is 5.32 Å². The molecule has 0 aliphatic heterocycles. The predicted molar refractivity (Wildman–Crippen MR) is 124 cm³/mol. The Kier molecular flexibility index (Phi) is 4.94. The average molecular weight is 430 g/mol. The second-order valence-electron chi connectivity index (χ2n) is 8.19. The smallest absolute Gasteiger partial charge is 0.265 e. The van der Waals surface area contributed by atoms with Gasteiger partial charge in [0.2, 0.25) is 0 Å². The summed E-state index contributed by atoms with van der Waals surface area (Å²) in [7, 11) is 0. The fourth-order valence-electron chi connectivity index (χ4n) is 3.95. The van der Waals surface area contributed by atoms with Crippen molar-refractivity contribution >= 4 is 22.9 Å². The van der Waals surface area contributed by atoms with Gasteiger partial charge in [-0.2, -0.15) is 4.98 Å². The summed E-state index contributed by atoms with van der Waals surface area (Å²) in [6.45, 7) is 6.00. The summed E-state index contributed by atoms with van der Waals surface area (Å²) in [6, 6.07) is 16.3. The molecular formula is C25H23N3O2S. The maximum Gasteiger partial charge on any atom is 0.265 e. The lowest BCUT2D eigenvalue weighted by Crippen LogP contribution is -2.12. The van der Waals surface area contributed by atoms with E-state index in [9.17, 15) is 4.79 Å². The number of nitrogens with one attached hydrogen (secondary N) is 1. The van der Waals surface area contributed by atoms with Crippen molar-refractivity contribution < 1.29 is 9.32 Å². The van der Waals surface area contributed by atoms with E-state index in [1.165, 1.54) is 21.6 Å². The first-order valence-corrected chi connectivity index (χ1v) is 11.3. The van der Waals surface area contributed by atoms with Gasteiger partial charge in [0.1, 0.15) is 0 Å². The number of hydrogen-bond acceptors (Lipinski definition) is 5. The average Bonchev–Trinajstić information content (AvgIpc) is 3.43. The van der Waals surface area contributed by atoms with Gasteiger partial charge in [-0.3, -0.25) is 4.79 Å². The molecule has 5 nitrogen and oxygen atoms in total. The van der Waals surface area contributed by atoms with Crippen molar-refractivity contribution in [3.8, 4) is 21.9 Å². The van der Waals surface area contributed by atoms with Gasteiger partial charge in [-0.15, -0.1) is 11.3 Å². The Morgan fingerprint density at radius 1 is 1.06 bits per heavy atom. The van der Waals surface area contributed by atoms with Gasteiger partial charge in [0.05, 0.1) is 16.1 Å². The van der Waals surface area contributed by atoms with Gasteiger partial charge in [0.15, 0.2) is 5.82 Å². The molecule has 2 aromatic heterocycles. The van der Waals surface area contributed by atoms with E-state index < -0.39 is 0 Å². The summed E-state index contributed by atoms with van der Waals surface area (Å²) >= 11 is 1.56. The monoisotopic (exact) mass is 429 g/mol. The van der Waals surface area contributed by atoms with Crippen LogP contribution in [0.4, 0.5) is 5.69 Å². The quantitative estimate of drug-likeness (QED) is 0.416. The van der Waals surface area contributed by atoms with E-state index >= 15 is 0 Å². The minimum Gasteiger partial charge on any atom is -0.334 e. The van der Waals surface area contributed by atoms with Crippen molar-refractivity contribution in [3.05, 3.63) is 75.9 Å². The van der Waals surface area contributed by atoms with Crippen LogP contribution >= 0.6 is 11.3 Å². The minimum atomic E-state index is -0.115. The Hall–Kier alpha value is -3.25. The third-order valence-corrected chi connectivity index (χ3v) is 6.87. The zero-order chi connectivity index (χ0) is 21.5. The Labute approximate surface area is 185 Å². The van der Waals surface area contributed by atoms with Crippen LogP contribution in [0, 0.1) is 6.92 Å².